The molecule has 2 N–H and O–H groups in total. The zero-order chi connectivity index (χ0) is 20.9. The van der Waals surface area contributed by atoms with Crippen LogP contribution in [0.1, 0.15) is 40.1 Å². The fraction of sp³-hybridized carbons (Fsp3) is 0.389. The zero-order valence-electron chi connectivity index (χ0n) is 15.5. The Balaban J connectivity index is 1.42. The first kappa shape index (κ1) is 21.2. The van der Waals surface area contributed by atoms with Gasteiger partial charge in [0.15, 0.2) is 6.61 Å². The van der Waals surface area contributed by atoms with Crippen molar-refractivity contribution >= 4 is 39.0 Å². The number of Topliss-reactive ketones (excluding diaryl/α,β-unsaturated/α-hetero) is 1. The van der Waals surface area contributed by atoms with Crippen LogP contribution in [0.4, 0.5) is 0 Å². The number of aromatic nitrogens is 1. The predicted octanol–water partition coefficient (Wildman–Crippen LogP) is 1.41. The van der Waals surface area contributed by atoms with Gasteiger partial charge in [0.25, 0.3) is 5.91 Å². The molecule has 2 aromatic heterocycles. The maximum absolute atomic E-state index is 12.3. The van der Waals surface area contributed by atoms with E-state index >= 15 is 0 Å². The molecule has 0 spiro atoms. The van der Waals surface area contributed by atoms with Crippen molar-refractivity contribution in [1.29, 1.82) is 0 Å². The van der Waals surface area contributed by atoms with Gasteiger partial charge in [-0.3, -0.25) is 14.4 Å². The number of thiophene rings is 1. The van der Waals surface area contributed by atoms with E-state index in [1.54, 1.807) is 16.3 Å². The predicted molar refractivity (Wildman–Crippen MR) is 105 cm³/mol. The van der Waals surface area contributed by atoms with Gasteiger partial charge in [0, 0.05) is 31.4 Å². The first-order chi connectivity index (χ1) is 13.9. The molecule has 1 fully saturated rings. The van der Waals surface area contributed by atoms with Crippen molar-refractivity contribution in [3.63, 3.8) is 0 Å². The third kappa shape index (κ3) is 5.52. The van der Waals surface area contributed by atoms with Crippen LogP contribution < -0.4 is 4.72 Å². The van der Waals surface area contributed by atoms with Gasteiger partial charge in [0.2, 0.25) is 15.8 Å². The molecule has 11 heteroatoms. The van der Waals surface area contributed by atoms with Crippen molar-refractivity contribution < 1.29 is 27.5 Å². The molecule has 0 radical (unpaired) electrons. The first-order valence-electron chi connectivity index (χ1n) is 9.06. The van der Waals surface area contributed by atoms with E-state index in [0.717, 1.165) is 24.2 Å². The lowest BCUT2D eigenvalue weighted by atomic mass is 10.2. The van der Waals surface area contributed by atoms with E-state index in [4.69, 9.17) is 4.74 Å². The second kappa shape index (κ2) is 9.33. The maximum Gasteiger partial charge on any atom is 0.307 e. The van der Waals surface area contributed by atoms with Crippen LogP contribution in [-0.4, -0.2) is 62.2 Å². The monoisotopic (exact) mass is 439 g/mol. The van der Waals surface area contributed by atoms with Gasteiger partial charge in [-0.2, -0.15) is 0 Å². The number of sulfonamides is 1. The van der Waals surface area contributed by atoms with Gasteiger partial charge in [0.05, 0.1) is 6.42 Å². The van der Waals surface area contributed by atoms with Crippen LogP contribution in [0.3, 0.4) is 0 Å². The number of amides is 1. The van der Waals surface area contributed by atoms with Gasteiger partial charge < -0.3 is 14.6 Å². The van der Waals surface area contributed by atoms with Crippen LogP contribution in [0, 0.1) is 0 Å². The standard InChI is InChI=1S/C18H21N3O6S2/c22-15(13-10-14(19-11-13)18(24)21-7-1-2-8-21)12-27-16(23)5-6-20-29(25,26)17-4-3-9-28-17/h3-4,9-11,19-20H,1-2,5-8,12H2. The molecule has 9 nitrogen and oxygen atoms in total. The summed E-state index contributed by atoms with van der Waals surface area (Å²) in [5, 5.41) is 1.64. The Morgan fingerprint density at radius 3 is 2.69 bits per heavy atom. The number of hydrogen-bond acceptors (Lipinski definition) is 7. The number of hydrogen-bond donors (Lipinski definition) is 2. The molecule has 0 atom stereocenters. The van der Waals surface area contributed by atoms with Crippen molar-refractivity contribution in [3.05, 3.63) is 41.0 Å². The topological polar surface area (TPSA) is 126 Å². The fourth-order valence-electron chi connectivity index (χ4n) is 2.85. The molecule has 0 aromatic carbocycles. The van der Waals surface area contributed by atoms with Gasteiger partial charge in [-0.1, -0.05) is 6.07 Å². The summed E-state index contributed by atoms with van der Waals surface area (Å²) in [6, 6.07) is 4.53. The Morgan fingerprint density at radius 2 is 2.00 bits per heavy atom. The second-order valence-electron chi connectivity index (χ2n) is 6.47. The SMILES string of the molecule is O=C(CCNS(=O)(=O)c1cccs1)OCC(=O)c1c[nH]c(C(=O)N2CCCC2)c1. The number of carbonyl (C=O) groups excluding carboxylic acids is 3. The summed E-state index contributed by atoms with van der Waals surface area (Å²) in [6.07, 6.45) is 3.15. The number of nitrogens with zero attached hydrogens (tertiary/aromatic N) is 1. The molecule has 156 valence electrons. The number of aromatic amines is 1. The summed E-state index contributed by atoms with van der Waals surface area (Å²) in [5.74, 6) is -1.30. The number of esters is 1. The lowest BCUT2D eigenvalue weighted by molar-refractivity contribution is -0.142. The Hall–Kier alpha value is -2.50. The third-order valence-corrected chi connectivity index (χ3v) is 7.23. The third-order valence-electron chi connectivity index (χ3n) is 4.37. The molecule has 0 bridgehead atoms. The first-order valence-corrected chi connectivity index (χ1v) is 11.4. The van der Waals surface area contributed by atoms with Gasteiger partial charge in [0.1, 0.15) is 9.90 Å². The molecular formula is C18H21N3O6S2. The van der Waals surface area contributed by atoms with Gasteiger partial charge in [-0.25, -0.2) is 13.1 Å². The Morgan fingerprint density at radius 1 is 1.24 bits per heavy atom. The lowest BCUT2D eigenvalue weighted by Crippen LogP contribution is -2.27. The number of H-pyrrole nitrogens is 1. The van der Waals surface area contributed by atoms with E-state index in [1.807, 2.05) is 0 Å². The average Bonchev–Trinajstić information content (AvgIpc) is 3.47. The minimum Gasteiger partial charge on any atom is -0.457 e. The Labute approximate surface area is 172 Å². The van der Waals surface area contributed by atoms with Crippen molar-refractivity contribution in [2.24, 2.45) is 0 Å². The van der Waals surface area contributed by atoms with E-state index in [-0.39, 0.29) is 28.6 Å². The molecule has 0 aliphatic carbocycles. The lowest BCUT2D eigenvalue weighted by Gasteiger charge is -2.13. The molecule has 1 saturated heterocycles. The molecule has 1 aliphatic rings. The second-order valence-corrected chi connectivity index (χ2v) is 9.41. The normalized spacial score (nSPS) is 14.1. The summed E-state index contributed by atoms with van der Waals surface area (Å²) >= 11 is 1.07. The highest BCUT2D eigenvalue weighted by Crippen LogP contribution is 2.15. The van der Waals surface area contributed by atoms with E-state index in [0.29, 0.717) is 18.8 Å². The van der Waals surface area contributed by atoms with E-state index in [2.05, 4.69) is 9.71 Å². The van der Waals surface area contributed by atoms with Crippen LogP contribution in [0.25, 0.3) is 0 Å². The van der Waals surface area contributed by atoms with Crippen LogP contribution in [0.2, 0.25) is 0 Å². The van der Waals surface area contributed by atoms with Crippen LogP contribution in [-0.2, 0) is 19.6 Å². The van der Waals surface area contributed by atoms with Crippen molar-refractivity contribution in [2.75, 3.05) is 26.2 Å². The summed E-state index contributed by atoms with van der Waals surface area (Å²) < 4.78 is 31.2. The summed E-state index contributed by atoms with van der Waals surface area (Å²) in [6.45, 7) is 0.793. The van der Waals surface area contributed by atoms with E-state index < -0.39 is 28.4 Å². The molecule has 0 saturated carbocycles. The maximum atomic E-state index is 12.3. The number of ether oxygens (including phenoxy) is 1. The molecule has 29 heavy (non-hydrogen) atoms. The van der Waals surface area contributed by atoms with Crippen LogP contribution >= 0.6 is 11.3 Å². The molecule has 3 heterocycles. The Bertz CT molecular complexity index is 975. The largest absolute Gasteiger partial charge is 0.457 e. The van der Waals surface area contributed by atoms with Crippen LogP contribution in [0.5, 0.6) is 0 Å². The quantitative estimate of drug-likeness (QED) is 0.449. The van der Waals surface area contributed by atoms with Crippen molar-refractivity contribution in [1.82, 2.24) is 14.6 Å². The summed E-state index contributed by atoms with van der Waals surface area (Å²) in [7, 11) is -3.65. The molecule has 2 aromatic rings. The molecule has 1 amide bonds. The summed E-state index contributed by atoms with van der Waals surface area (Å²) in [4.78, 5) is 40.7. The van der Waals surface area contributed by atoms with Gasteiger partial charge >= 0.3 is 5.97 Å². The molecular weight excluding hydrogens is 418 g/mol. The van der Waals surface area contributed by atoms with Gasteiger partial charge in [-0.05, 0) is 30.4 Å². The number of rotatable bonds is 9. The Kier molecular flexibility index (Phi) is 6.83. The highest BCUT2D eigenvalue weighted by Gasteiger charge is 2.22. The minimum absolute atomic E-state index is 0.133. The van der Waals surface area contributed by atoms with Crippen molar-refractivity contribution in [2.45, 2.75) is 23.5 Å². The molecule has 3 rings (SSSR count). The minimum atomic E-state index is -3.65. The number of likely N-dealkylation sites (tertiary alicyclic amines) is 1. The van der Waals surface area contributed by atoms with Crippen molar-refractivity contribution in [3.8, 4) is 0 Å². The fourth-order valence-corrected chi connectivity index (χ4v) is 4.92. The average molecular weight is 440 g/mol. The van der Waals surface area contributed by atoms with E-state index in [1.165, 1.54) is 18.3 Å². The number of nitrogens with one attached hydrogen (secondary N) is 2. The molecule has 1 aliphatic heterocycles. The molecule has 0 unspecified atom stereocenters. The smallest absolute Gasteiger partial charge is 0.307 e. The number of carbonyl (C=O) groups is 3. The number of ketones is 1. The van der Waals surface area contributed by atoms with Crippen LogP contribution in [0.15, 0.2) is 34.0 Å². The van der Waals surface area contributed by atoms with E-state index in [9.17, 15) is 22.8 Å². The highest BCUT2D eigenvalue weighted by molar-refractivity contribution is 7.91. The zero-order valence-corrected chi connectivity index (χ0v) is 17.2. The highest BCUT2D eigenvalue weighted by atomic mass is 32.2. The summed E-state index contributed by atoms with van der Waals surface area (Å²) in [5.41, 5.74) is 0.573. The van der Waals surface area contributed by atoms with Gasteiger partial charge in [-0.15, -0.1) is 11.3 Å².